The maximum absolute atomic E-state index is 14.0. The highest BCUT2D eigenvalue weighted by Gasteiger charge is 2.32. The average molecular weight is 499 g/mol. The lowest BCUT2D eigenvalue weighted by molar-refractivity contribution is -0.126. The number of rotatable bonds is 9. The summed E-state index contributed by atoms with van der Waals surface area (Å²) in [4.78, 5) is 12.6. The van der Waals surface area contributed by atoms with E-state index in [2.05, 4.69) is 5.32 Å². The van der Waals surface area contributed by atoms with Gasteiger partial charge in [0.05, 0.1) is 18.9 Å². The zero-order valence-electron chi connectivity index (χ0n) is 18.6. The van der Waals surface area contributed by atoms with Crippen molar-refractivity contribution in [2.75, 3.05) is 26.8 Å². The first-order valence-corrected chi connectivity index (χ1v) is 12.7. The molecule has 1 N–H and O–H groups in total. The molecule has 0 aromatic heterocycles. The summed E-state index contributed by atoms with van der Waals surface area (Å²) >= 11 is 5.97. The predicted molar refractivity (Wildman–Crippen MR) is 124 cm³/mol. The van der Waals surface area contributed by atoms with Crippen LogP contribution in [-0.2, 0) is 20.6 Å². The van der Waals surface area contributed by atoms with Gasteiger partial charge in [-0.15, -0.1) is 0 Å². The maximum atomic E-state index is 14.0. The number of sulfonamides is 1. The number of methoxy groups -OCH3 is 1. The summed E-state index contributed by atoms with van der Waals surface area (Å²) in [6.45, 7) is 2.54. The Balaban J connectivity index is 1.46. The van der Waals surface area contributed by atoms with Crippen LogP contribution in [0.5, 0.6) is 11.5 Å². The second-order valence-electron chi connectivity index (χ2n) is 8.03. The van der Waals surface area contributed by atoms with Crippen LogP contribution >= 0.6 is 11.6 Å². The fourth-order valence-corrected chi connectivity index (χ4v) is 5.55. The third-order valence-electron chi connectivity index (χ3n) is 5.55. The van der Waals surface area contributed by atoms with Crippen molar-refractivity contribution < 1.29 is 27.1 Å². The Labute approximate surface area is 198 Å². The normalized spacial score (nSPS) is 16.2. The summed E-state index contributed by atoms with van der Waals surface area (Å²) in [7, 11) is -2.16. The number of hydrogen-bond donors (Lipinski definition) is 1. The fourth-order valence-electron chi connectivity index (χ4n) is 3.64. The Kier molecular flexibility index (Phi) is 8.56. The van der Waals surface area contributed by atoms with E-state index in [0.717, 1.165) is 5.75 Å². The number of hydrogen-bond acceptors (Lipinski definition) is 5. The van der Waals surface area contributed by atoms with Gasteiger partial charge >= 0.3 is 0 Å². The van der Waals surface area contributed by atoms with E-state index in [9.17, 15) is 17.6 Å². The molecule has 7 nitrogen and oxygen atoms in total. The minimum Gasteiger partial charge on any atom is -0.497 e. The van der Waals surface area contributed by atoms with Crippen LogP contribution < -0.4 is 14.8 Å². The van der Waals surface area contributed by atoms with E-state index in [-0.39, 0.29) is 41.5 Å². The molecular formula is C23H28ClFN2O5S. The highest BCUT2D eigenvalue weighted by atomic mass is 35.5. The molecule has 180 valence electrons. The highest BCUT2D eigenvalue weighted by molar-refractivity contribution is 7.88. The Morgan fingerprint density at radius 2 is 1.82 bits per heavy atom. The van der Waals surface area contributed by atoms with E-state index in [1.54, 1.807) is 31.4 Å². The van der Waals surface area contributed by atoms with Crippen LogP contribution in [0.1, 0.15) is 25.3 Å². The van der Waals surface area contributed by atoms with Crippen molar-refractivity contribution >= 4 is 27.5 Å². The van der Waals surface area contributed by atoms with Gasteiger partial charge in [0.1, 0.15) is 23.9 Å². The van der Waals surface area contributed by atoms with E-state index in [0.29, 0.717) is 25.2 Å². The van der Waals surface area contributed by atoms with Gasteiger partial charge < -0.3 is 14.8 Å². The molecule has 0 unspecified atom stereocenters. The van der Waals surface area contributed by atoms with Crippen LogP contribution in [0.25, 0.3) is 0 Å². The summed E-state index contributed by atoms with van der Waals surface area (Å²) in [5, 5.41) is 3.01. The maximum Gasteiger partial charge on any atom is 0.223 e. The summed E-state index contributed by atoms with van der Waals surface area (Å²) in [6, 6.07) is 11.0. The van der Waals surface area contributed by atoms with Crippen molar-refractivity contribution in [2.24, 2.45) is 5.92 Å². The van der Waals surface area contributed by atoms with Gasteiger partial charge in [0.2, 0.25) is 15.9 Å². The zero-order chi connectivity index (χ0) is 24.0. The van der Waals surface area contributed by atoms with Gasteiger partial charge in [-0.05, 0) is 56.2 Å². The number of amides is 1. The van der Waals surface area contributed by atoms with E-state index in [4.69, 9.17) is 21.1 Å². The summed E-state index contributed by atoms with van der Waals surface area (Å²) < 4.78 is 51.6. The molecule has 1 saturated heterocycles. The fraction of sp³-hybridized carbons (Fsp3) is 0.435. The van der Waals surface area contributed by atoms with Gasteiger partial charge in [-0.1, -0.05) is 17.7 Å². The van der Waals surface area contributed by atoms with Crippen LogP contribution in [0, 0.1) is 11.7 Å². The molecule has 1 aliphatic rings. The van der Waals surface area contributed by atoms with Gasteiger partial charge in [-0.2, -0.15) is 0 Å². The molecule has 1 aliphatic heterocycles. The van der Waals surface area contributed by atoms with Crippen molar-refractivity contribution in [3.63, 3.8) is 0 Å². The molecule has 1 fully saturated rings. The minimum absolute atomic E-state index is 0.0373. The molecule has 0 saturated carbocycles. The van der Waals surface area contributed by atoms with Crippen LogP contribution in [0.2, 0.25) is 5.02 Å². The molecule has 0 bridgehead atoms. The van der Waals surface area contributed by atoms with Crippen molar-refractivity contribution in [3.8, 4) is 11.5 Å². The van der Waals surface area contributed by atoms with E-state index >= 15 is 0 Å². The number of benzene rings is 2. The molecule has 1 heterocycles. The number of carbonyl (C=O) groups is 1. The second-order valence-corrected chi connectivity index (χ2v) is 10.4. The Morgan fingerprint density at radius 3 is 2.42 bits per heavy atom. The third kappa shape index (κ3) is 6.82. The monoisotopic (exact) mass is 498 g/mol. The van der Waals surface area contributed by atoms with Crippen molar-refractivity contribution in [1.82, 2.24) is 9.62 Å². The van der Waals surface area contributed by atoms with Gasteiger partial charge in [-0.25, -0.2) is 17.1 Å². The van der Waals surface area contributed by atoms with Gasteiger partial charge in [0, 0.05) is 29.6 Å². The number of carbonyl (C=O) groups excluding carboxylic acids is 1. The van der Waals surface area contributed by atoms with E-state index in [1.807, 2.05) is 6.92 Å². The third-order valence-corrected chi connectivity index (χ3v) is 7.71. The average Bonchev–Trinajstić information content (AvgIpc) is 2.80. The molecule has 0 radical (unpaired) electrons. The quantitative estimate of drug-likeness (QED) is 0.571. The summed E-state index contributed by atoms with van der Waals surface area (Å²) in [6.07, 6.45) is 0.782. The Hall–Kier alpha value is -2.36. The van der Waals surface area contributed by atoms with E-state index < -0.39 is 21.6 Å². The Bertz CT molecular complexity index is 1040. The number of nitrogens with one attached hydrogen (secondary N) is 1. The standard InChI is InChI=1S/C23H28ClFN2O5S/c1-16(14-32-19-8-6-18(31-2)7-9-19)26-23(28)17-10-12-27(13-11-17)33(29,30)15-20-21(24)4-3-5-22(20)25/h3-9,16-17H,10-15H2,1-2H3,(H,26,28)/t16-/m0/s1. The lowest BCUT2D eigenvalue weighted by Gasteiger charge is -2.31. The minimum atomic E-state index is -3.75. The smallest absolute Gasteiger partial charge is 0.223 e. The molecular weight excluding hydrogens is 471 g/mol. The van der Waals surface area contributed by atoms with Gasteiger partial charge in [0.15, 0.2) is 0 Å². The van der Waals surface area contributed by atoms with Crippen molar-refractivity contribution in [2.45, 2.75) is 31.6 Å². The van der Waals surface area contributed by atoms with Gasteiger partial charge in [-0.3, -0.25) is 4.79 Å². The first kappa shape index (κ1) is 25.3. The number of ether oxygens (including phenoxy) is 2. The van der Waals surface area contributed by atoms with Crippen LogP contribution in [0.4, 0.5) is 4.39 Å². The van der Waals surface area contributed by atoms with E-state index in [1.165, 1.54) is 22.5 Å². The zero-order valence-corrected chi connectivity index (χ0v) is 20.2. The molecule has 2 aromatic rings. The number of halogens is 2. The van der Waals surface area contributed by atoms with Crippen LogP contribution in [0.15, 0.2) is 42.5 Å². The lowest BCUT2D eigenvalue weighted by atomic mass is 9.97. The molecule has 10 heteroatoms. The number of nitrogens with zero attached hydrogens (tertiary/aromatic N) is 1. The molecule has 2 aromatic carbocycles. The predicted octanol–water partition coefficient (Wildman–Crippen LogP) is 3.61. The SMILES string of the molecule is COc1ccc(OC[C@H](C)NC(=O)C2CCN(S(=O)(=O)Cc3c(F)cccc3Cl)CC2)cc1. The first-order chi connectivity index (χ1) is 15.7. The Morgan fingerprint density at radius 1 is 1.18 bits per heavy atom. The van der Waals surface area contributed by atoms with Crippen LogP contribution in [-0.4, -0.2) is 51.5 Å². The summed E-state index contributed by atoms with van der Waals surface area (Å²) in [5.41, 5.74) is -0.0373. The molecule has 0 spiro atoms. The van der Waals surface area contributed by atoms with Crippen molar-refractivity contribution in [1.29, 1.82) is 0 Å². The molecule has 33 heavy (non-hydrogen) atoms. The second kappa shape index (κ2) is 11.2. The molecule has 3 rings (SSSR count). The molecule has 1 atom stereocenters. The molecule has 1 amide bonds. The summed E-state index contributed by atoms with van der Waals surface area (Å²) in [5.74, 6) is -0.174. The highest BCUT2D eigenvalue weighted by Crippen LogP contribution is 2.26. The topological polar surface area (TPSA) is 84.9 Å². The first-order valence-electron chi connectivity index (χ1n) is 10.7. The van der Waals surface area contributed by atoms with Gasteiger partial charge in [0.25, 0.3) is 0 Å². The van der Waals surface area contributed by atoms with Crippen molar-refractivity contribution in [3.05, 3.63) is 58.9 Å². The number of piperidine rings is 1. The largest absolute Gasteiger partial charge is 0.497 e. The molecule has 0 aliphatic carbocycles. The lowest BCUT2D eigenvalue weighted by Crippen LogP contribution is -2.46. The van der Waals surface area contributed by atoms with Crippen LogP contribution in [0.3, 0.4) is 0 Å².